The van der Waals surface area contributed by atoms with Crippen LogP contribution < -0.4 is 15.5 Å². The van der Waals surface area contributed by atoms with Gasteiger partial charge in [0.15, 0.2) is 0 Å². The molecule has 1 amide bonds. The molecule has 0 aliphatic carbocycles. The molecular formula is C26H27N7O. The molecule has 5 heterocycles. The summed E-state index contributed by atoms with van der Waals surface area (Å²) in [5, 5.41) is 6.37. The fraction of sp³-hybridized carbons (Fsp3) is 0.269. The van der Waals surface area contributed by atoms with Gasteiger partial charge in [-0.15, -0.1) is 0 Å². The van der Waals surface area contributed by atoms with Gasteiger partial charge in [0, 0.05) is 44.5 Å². The molecule has 1 saturated heterocycles. The van der Waals surface area contributed by atoms with Crippen molar-refractivity contribution in [3.8, 4) is 11.3 Å². The van der Waals surface area contributed by atoms with E-state index in [0.717, 1.165) is 71.5 Å². The van der Waals surface area contributed by atoms with Crippen molar-refractivity contribution in [3.63, 3.8) is 0 Å². The molecule has 1 aromatic carbocycles. The third kappa shape index (κ3) is 3.47. The maximum atomic E-state index is 12.8. The number of hydrogen-bond acceptors (Lipinski definition) is 6. The fourth-order valence-corrected chi connectivity index (χ4v) is 4.96. The minimum absolute atomic E-state index is 0.0696. The highest BCUT2D eigenvalue weighted by atomic mass is 16.1. The average molecular weight is 454 g/mol. The number of carbonyl (C=O) groups excluding carboxylic acids is 1. The standard InChI is InChI=1S/C26H27N7O/c1-17-25(33-10-4-3-5-23(33)29-17)19-7-8-21(24-20(19)16-28-26(24)34)30-22-9-6-18(15-27-22)32-13-11-31(2)12-14-32/h3-10,15H,11-14,16H2,1-2H3,(H,27,30)(H,28,34). The summed E-state index contributed by atoms with van der Waals surface area (Å²) < 4.78 is 2.08. The van der Waals surface area contributed by atoms with E-state index in [1.807, 2.05) is 49.6 Å². The van der Waals surface area contributed by atoms with E-state index in [1.54, 1.807) is 0 Å². The number of carbonyl (C=O) groups is 1. The first-order valence-electron chi connectivity index (χ1n) is 11.6. The Balaban J connectivity index is 1.33. The van der Waals surface area contributed by atoms with Crippen molar-refractivity contribution in [2.45, 2.75) is 13.5 Å². The van der Waals surface area contributed by atoms with Crippen LogP contribution in [0.25, 0.3) is 16.9 Å². The lowest BCUT2D eigenvalue weighted by Crippen LogP contribution is -2.44. The molecule has 4 aromatic rings. The van der Waals surface area contributed by atoms with E-state index >= 15 is 0 Å². The second-order valence-corrected chi connectivity index (χ2v) is 8.99. The molecule has 2 aliphatic rings. The maximum absolute atomic E-state index is 12.8. The molecule has 2 aliphatic heterocycles. The fourth-order valence-electron chi connectivity index (χ4n) is 4.96. The van der Waals surface area contributed by atoms with Crippen LogP contribution >= 0.6 is 0 Å². The number of benzene rings is 1. The number of rotatable bonds is 4. The lowest BCUT2D eigenvalue weighted by Gasteiger charge is -2.33. The molecule has 0 bridgehead atoms. The van der Waals surface area contributed by atoms with Crippen LogP contribution in [-0.2, 0) is 6.54 Å². The molecule has 0 atom stereocenters. The number of hydrogen-bond donors (Lipinski definition) is 2. The molecule has 2 N–H and O–H groups in total. The number of aromatic nitrogens is 3. The summed E-state index contributed by atoms with van der Waals surface area (Å²) in [4.78, 5) is 26.9. The molecule has 6 rings (SSSR count). The van der Waals surface area contributed by atoms with Crippen LogP contribution in [0.2, 0.25) is 0 Å². The van der Waals surface area contributed by atoms with Crippen LogP contribution in [0.3, 0.4) is 0 Å². The van der Waals surface area contributed by atoms with E-state index in [0.29, 0.717) is 12.1 Å². The predicted molar refractivity (Wildman–Crippen MR) is 134 cm³/mol. The molecule has 0 spiro atoms. The molecule has 34 heavy (non-hydrogen) atoms. The van der Waals surface area contributed by atoms with Gasteiger partial charge in [0.1, 0.15) is 11.5 Å². The summed E-state index contributed by atoms with van der Waals surface area (Å²) in [7, 11) is 2.15. The highest BCUT2D eigenvalue weighted by Crippen LogP contribution is 2.36. The third-order valence-corrected chi connectivity index (χ3v) is 6.80. The molecule has 172 valence electrons. The summed E-state index contributed by atoms with van der Waals surface area (Å²) in [6.07, 6.45) is 3.92. The van der Waals surface area contributed by atoms with Crippen molar-refractivity contribution in [1.82, 2.24) is 24.6 Å². The highest BCUT2D eigenvalue weighted by molar-refractivity contribution is 6.06. The quantitative estimate of drug-likeness (QED) is 0.493. The Kier molecular flexibility index (Phi) is 4.95. The van der Waals surface area contributed by atoms with Gasteiger partial charge in [-0.2, -0.15) is 0 Å². The van der Waals surface area contributed by atoms with E-state index in [-0.39, 0.29) is 5.91 Å². The Hall–Kier alpha value is -3.91. The zero-order chi connectivity index (χ0) is 23.2. The number of nitrogens with zero attached hydrogens (tertiary/aromatic N) is 5. The normalized spacial score (nSPS) is 16.1. The summed E-state index contributed by atoms with van der Waals surface area (Å²) in [6.45, 7) is 6.62. The van der Waals surface area contributed by atoms with Gasteiger partial charge in [-0.05, 0) is 49.9 Å². The number of likely N-dealkylation sites (N-methyl/N-ethyl adjacent to an activating group) is 1. The monoisotopic (exact) mass is 453 g/mol. The van der Waals surface area contributed by atoms with Crippen LogP contribution in [0.5, 0.6) is 0 Å². The Morgan fingerprint density at radius 1 is 1.03 bits per heavy atom. The van der Waals surface area contributed by atoms with Crippen molar-refractivity contribution in [3.05, 3.63) is 71.7 Å². The number of aryl methyl sites for hydroxylation is 1. The van der Waals surface area contributed by atoms with Gasteiger partial charge in [-0.3, -0.25) is 9.20 Å². The molecule has 1 fully saturated rings. The summed E-state index contributed by atoms with van der Waals surface area (Å²) in [6, 6.07) is 14.1. The first-order valence-corrected chi connectivity index (χ1v) is 11.6. The summed E-state index contributed by atoms with van der Waals surface area (Å²) >= 11 is 0. The van der Waals surface area contributed by atoms with Gasteiger partial charge >= 0.3 is 0 Å². The van der Waals surface area contributed by atoms with Gasteiger partial charge < -0.3 is 20.4 Å². The summed E-state index contributed by atoms with van der Waals surface area (Å²) in [5.41, 5.74) is 7.42. The topological polar surface area (TPSA) is 77.8 Å². The van der Waals surface area contributed by atoms with E-state index in [9.17, 15) is 4.79 Å². The number of amides is 1. The molecule has 3 aromatic heterocycles. The lowest BCUT2D eigenvalue weighted by molar-refractivity contribution is 0.0966. The zero-order valence-corrected chi connectivity index (χ0v) is 19.4. The minimum Gasteiger partial charge on any atom is -0.368 e. The molecule has 0 saturated carbocycles. The van der Waals surface area contributed by atoms with Gasteiger partial charge in [0.25, 0.3) is 5.91 Å². The van der Waals surface area contributed by atoms with Gasteiger partial charge in [0.05, 0.1) is 34.5 Å². The number of piperazine rings is 1. The number of fused-ring (bicyclic) bond motifs is 2. The van der Waals surface area contributed by atoms with Crippen LogP contribution in [0.4, 0.5) is 17.2 Å². The van der Waals surface area contributed by atoms with E-state index in [2.05, 4.69) is 49.0 Å². The lowest BCUT2D eigenvalue weighted by atomic mass is 9.98. The van der Waals surface area contributed by atoms with Gasteiger partial charge in [-0.25, -0.2) is 9.97 Å². The maximum Gasteiger partial charge on any atom is 0.254 e. The molecule has 8 nitrogen and oxygen atoms in total. The van der Waals surface area contributed by atoms with Gasteiger partial charge in [0.2, 0.25) is 0 Å². The Bertz CT molecular complexity index is 1380. The molecule has 0 unspecified atom stereocenters. The first-order chi connectivity index (χ1) is 16.6. The predicted octanol–water partition coefficient (Wildman–Crippen LogP) is 3.44. The number of anilines is 3. The van der Waals surface area contributed by atoms with Crippen molar-refractivity contribution in [2.24, 2.45) is 0 Å². The van der Waals surface area contributed by atoms with E-state index < -0.39 is 0 Å². The SMILES string of the molecule is Cc1nc2ccccn2c1-c1ccc(Nc2ccc(N3CCN(C)CC3)cn2)c2c1CNC2=O. The highest BCUT2D eigenvalue weighted by Gasteiger charge is 2.28. The minimum atomic E-state index is -0.0696. The van der Waals surface area contributed by atoms with Crippen LogP contribution in [0.1, 0.15) is 21.6 Å². The number of imidazole rings is 1. The second-order valence-electron chi connectivity index (χ2n) is 8.99. The van der Waals surface area contributed by atoms with E-state index in [4.69, 9.17) is 4.98 Å². The van der Waals surface area contributed by atoms with Crippen LogP contribution in [-0.4, -0.2) is 58.4 Å². The summed E-state index contributed by atoms with van der Waals surface area (Å²) in [5.74, 6) is 0.651. The Morgan fingerprint density at radius 2 is 1.88 bits per heavy atom. The van der Waals surface area contributed by atoms with Crippen molar-refractivity contribution < 1.29 is 4.79 Å². The molecular weight excluding hydrogens is 426 g/mol. The molecule has 8 heteroatoms. The largest absolute Gasteiger partial charge is 0.368 e. The van der Waals surface area contributed by atoms with Crippen LogP contribution in [0.15, 0.2) is 54.9 Å². The second kappa shape index (κ2) is 8.14. The van der Waals surface area contributed by atoms with Crippen molar-refractivity contribution >= 4 is 28.7 Å². The number of pyridine rings is 2. The first kappa shape index (κ1) is 20.7. The zero-order valence-electron chi connectivity index (χ0n) is 19.4. The third-order valence-electron chi connectivity index (χ3n) is 6.80. The average Bonchev–Trinajstić information content (AvgIpc) is 3.40. The smallest absolute Gasteiger partial charge is 0.254 e. The Labute approximate surface area is 198 Å². The van der Waals surface area contributed by atoms with Crippen molar-refractivity contribution in [2.75, 3.05) is 43.4 Å². The van der Waals surface area contributed by atoms with Crippen LogP contribution in [0, 0.1) is 6.92 Å². The molecule has 0 radical (unpaired) electrons. The van der Waals surface area contributed by atoms with Crippen molar-refractivity contribution in [1.29, 1.82) is 0 Å². The number of nitrogens with one attached hydrogen (secondary N) is 2. The van der Waals surface area contributed by atoms with E-state index in [1.165, 1.54) is 0 Å². The Morgan fingerprint density at radius 3 is 2.68 bits per heavy atom. The van der Waals surface area contributed by atoms with Gasteiger partial charge in [-0.1, -0.05) is 12.1 Å².